The van der Waals surface area contributed by atoms with Crippen LogP contribution in [0.1, 0.15) is 19.5 Å². The average molecular weight is 213 g/mol. The predicted molar refractivity (Wildman–Crippen MR) is 55.0 cm³/mol. The third-order valence-corrected chi connectivity index (χ3v) is 2.53. The van der Waals surface area contributed by atoms with Crippen LogP contribution in [-0.4, -0.2) is 10.2 Å². The van der Waals surface area contributed by atoms with Crippen LogP contribution in [0.2, 0.25) is 5.02 Å². The zero-order chi connectivity index (χ0) is 9.84. The molecule has 13 heavy (non-hydrogen) atoms. The fraction of sp³-hybridized carbons (Fsp3) is 0.333. The molecule has 0 N–H and O–H groups in total. The Bertz CT molecular complexity index is 344. The Labute approximate surface area is 86.9 Å². The summed E-state index contributed by atoms with van der Waals surface area (Å²) in [5, 5.41) is 10.4. The normalized spacial score (nSPS) is 10.1. The van der Waals surface area contributed by atoms with E-state index in [2.05, 4.69) is 18.8 Å². The maximum absolute atomic E-state index is 8.67. The maximum atomic E-state index is 8.67. The van der Waals surface area contributed by atoms with Gasteiger partial charge < -0.3 is 0 Å². The Balaban J connectivity index is 2.95. The molecule has 1 aromatic rings. The molecule has 0 radical (unpaired) electrons. The fourth-order valence-electron chi connectivity index (χ4n) is 0.810. The zero-order valence-electron chi connectivity index (χ0n) is 7.41. The molecule has 0 fully saturated rings. The topological polar surface area (TPSA) is 36.7 Å². The molecule has 0 aliphatic rings. The molecular formula is C9H9ClN2S. The SMILES string of the molecule is CC(C)Sc1ccc(Cl)c(C#N)n1. The Morgan fingerprint density at radius 2 is 2.23 bits per heavy atom. The van der Waals surface area contributed by atoms with Gasteiger partial charge in [-0.2, -0.15) is 5.26 Å². The van der Waals surface area contributed by atoms with E-state index in [1.165, 1.54) is 0 Å². The molecule has 0 amide bonds. The number of hydrogen-bond acceptors (Lipinski definition) is 3. The van der Waals surface area contributed by atoms with Crippen LogP contribution in [0.5, 0.6) is 0 Å². The Kier molecular flexibility index (Phi) is 3.58. The summed E-state index contributed by atoms with van der Waals surface area (Å²) in [6, 6.07) is 5.49. The van der Waals surface area contributed by atoms with Crippen LogP contribution in [0.4, 0.5) is 0 Å². The Morgan fingerprint density at radius 1 is 1.54 bits per heavy atom. The summed E-state index contributed by atoms with van der Waals surface area (Å²) in [5.41, 5.74) is 0.298. The molecule has 0 aromatic carbocycles. The summed E-state index contributed by atoms with van der Waals surface area (Å²) in [6.45, 7) is 4.15. The van der Waals surface area contributed by atoms with Gasteiger partial charge in [0.1, 0.15) is 6.07 Å². The summed E-state index contributed by atoms with van der Waals surface area (Å²) in [4.78, 5) is 4.10. The number of nitrogens with zero attached hydrogens (tertiary/aromatic N) is 2. The van der Waals surface area contributed by atoms with Gasteiger partial charge in [-0.3, -0.25) is 0 Å². The smallest absolute Gasteiger partial charge is 0.160 e. The van der Waals surface area contributed by atoms with Gasteiger partial charge in [-0.1, -0.05) is 25.4 Å². The lowest BCUT2D eigenvalue weighted by Gasteiger charge is -2.03. The van der Waals surface area contributed by atoms with Crippen LogP contribution in [0, 0.1) is 11.3 Å². The number of hydrogen-bond donors (Lipinski definition) is 0. The minimum atomic E-state index is 0.298. The largest absolute Gasteiger partial charge is 0.229 e. The van der Waals surface area contributed by atoms with Crippen LogP contribution in [-0.2, 0) is 0 Å². The minimum absolute atomic E-state index is 0.298. The first kappa shape index (κ1) is 10.4. The second kappa shape index (κ2) is 4.50. The fourth-order valence-corrected chi connectivity index (χ4v) is 1.73. The molecule has 0 aliphatic carbocycles. The van der Waals surface area contributed by atoms with E-state index in [-0.39, 0.29) is 0 Å². The molecule has 0 saturated carbocycles. The summed E-state index contributed by atoms with van der Waals surface area (Å²) < 4.78 is 0. The van der Waals surface area contributed by atoms with Gasteiger partial charge in [-0.25, -0.2) is 4.98 Å². The maximum Gasteiger partial charge on any atom is 0.160 e. The van der Waals surface area contributed by atoms with Gasteiger partial charge in [-0.15, -0.1) is 11.8 Å². The first-order valence-electron chi connectivity index (χ1n) is 3.87. The van der Waals surface area contributed by atoms with Gasteiger partial charge in [-0.05, 0) is 12.1 Å². The quantitative estimate of drug-likeness (QED) is 0.707. The monoisotopic (exact) mass is 212 g/mol. The van der Waals surface area contributed by atoms with E-state index < -0.39 is 0 Å². The van der Waals surface area contributed by atoms with Crippen LogP contribution in [0.25, 0.3) is 0 Å². The molecule has 0 aliphatic heterocycles. The highest BCUT2D eigenvalue weighted by atomic mass is 35.5. The zero-order valence-corrected chi connectivity index (χ0v) is 8.99. The number of aromatic nitrogens is 1. The van der Waals surface area contributed by atoms with E-state index in [0.717, 1.165) is 5.03 Å². The van der Waals surface area contributed by atoms with Crippen molar-refractivity contribution >= 4 is 23.4 Å². The molecule has 0 bridgehead atoms. The lowest BCUT2D eigenvalue weighted by molar-refractivity contribution is 1.06. The van der Waals surface area contributed by atoms with Gasteiger partial charge >= 0.3 is 0 Å². The van der Waals surface area contributed by atoms with Crippen LogP contribution in [0.3, 0.4) is 0 Å². The summed E-state index contributed by atoms with van der Waals surface area (Å²) in [7, 11) is 0. The van der Waals surface area contributed by atoms with Crippen LogP contribution >= 0.6 is 23.4 Å². The van der Waals surface area contributed by atoms with Crippen molar-refractivity contribution in [3.05, 3.63) is 22.8 Å². The van der Waals surface area contributed by atoms with Crippen molar-refractivity contribution in [3.8, 4) is 6.07 Å². The number of thioether (sulfide) groups is 1. The van der Waals surface area contributed by atoms with E-state index in [1.807, 2.05) is 12.1 Å². The van der Waals surface area contributed by atoms with Crippen molar-refractivity contribution < 1.29 is 0 Å². The molecule has 4 heteroatoms. The van der Waals surface area contributed by atoms with Gasteiger partial charge in [0.15, 0.2) is 5.69 Å². The summed E-state index contributed by atoms with van der Waals surface area (Å²) >= 11 is 7.35. The highest BCUT2D eigenvalue weighted by Crippen LogP contribution is 2.23. The third kappa shape index (κ3) is 2.91. The van der Waals surface area contributed by atoms with Crippen molar-refractivity contribution in [1.29, 1.82) is 5.26 Å². The second-order valence-electron chi connectivity index (χ2n) is 2.76. The molecule has 2 nitrogen and oxygen atoms in total. The highest BCUT2D eigenvalue weighted by Gasteiger charge is 2.04. The van der Waals surface area contributed by atoms with Crippen molar-refractivity contribution in [2.45, 2.75) is 24.1 Å². The number of pyridine rings is 1. The molecule has 1 heterocycles. The lowest BCUT2D eigenvalue weighted by Crippen LogP contribution is -1.91. The van der Waals surface area contributed by atoms with E-state index in [9.17, 15) is 0 Å². The number of halogens is 1. The van der Waals surface area contributed by atoms with Crippen molar-refractivity contribution in [2.75, 3.05) is 0 Å². The van der Waals surface area contributed by atoms with E-state index in [1.54, 1.807) is 17.8 Å². The first-order valence-corrected chi connectivity index (χ1v) is 5.12. The van der Waals surface area contributed by atoms with Crippen LogP contribution in [0.15, 0.2) is 17.2 Å². The minimum Gasteiger partial charge on any atom is -0.229 e. The first-order chi connectivity index (χ1) is 6.13. The lowest BCUT2D eigenvalue weighted by atomic mass is 10.4. The predicted octanol–water partition coefficient (Wildman–Crippen LogP) is 3.11. The molecule has 0 saturated heterocycles. The third-order valence-electron chi connectivity index (χ3n) is 1.28. The number of nitriles is 1. The second-order valence-corrected chi connectivity index (χ2v) is 4.76. The molecule has 1 aromatic heterocycles. The average Bonchev–Trinajstić information content (AvgIpc) is 2.07. The Hall–Kier alpha value is -0.720. The van der Waals surface area contributed by atoms with Gasteiger partial charge in [0, 0.05) is 5.25 Å². The molecular weight excluding hydrogens is 204 g/mol. The van der Waals surface area contributed by atoms with Crippen LogP contribution < -0.4 is 0 Å². The standard InChI is InChI=1S/C9H9ClN2S/c1-6(2)13-9-4-3-7(10)8(5-11)12-9/h3-4,6H,1-2H3. The molecule has 68 valence electrons. The Morgan fingerprint density at radius 3 is 2.77 bits per heavy atom. The van der Waals surface area contributed by atoms with Gasteiger partial charge in [0.2, 0.25) is 0 Å². The van der Waals surface area contributed by atoms with E-state index >= 15 is 0 Å². The summed E-state index contributed by atoms with van der Waals surface area (Å²) in [6.07, 6.45) is 0. The molecule has 1 rings (SSSR count). The molecule has 0 atom stereocenters. The van der Waals surface area contributed by atoms with E-state index in [0.29, 0.717) is 16.0 Å². The molecule has 0 unspecified atom stereocenters. The van der Waals surface area contributed by atoms with Crippen molar-refractivity contribution in [3.63, 3.8) is 0 Å². The summed E-state index contributed by atoms with van der Waals surface area (Å²) in [5.74, 6) is 0. The van der Waals surface area contributed by atoms with Gasteiger partial charge in [0.05, 0.1) is 10.0 Å². The van der Waals surface area contributed by atoms with Gasteiger partial charge in [0.25, 0.3) is 0 Å². The number of rotatable bonds is 2. The van der Waals surface area contributed by atoms with E-state index in [4.69, 9.17) is 16.9 Å². The highest BCUT2D eigenvalue weighted by molar-refractivity contribution is 7.99. The van der Waals surface area contributed by atoms with Crippen molar-refractivity contribution in [2.24, 2.45) is 0 Å². The molecule has 0 spiro atoms. The van der Waals surface area contributed by atoms with Crippen molar-refractivity contribution in [1.82, 2.24) is 4.98 Å².